The standard InChI is InChI=1S/C29H31F3N4O4/c1-14-5-15(6-23(34)28(14)38)18-3-4-35-11-16(18)7-24(37)27-22(33)10-21(32)26(36-27)25-19(30)8-17(9-20(25)31)29(39-2)12-40-13-29/h3-4,8-11,14-15,23,28,38H,5-7,12-13,33-34H2,1-2H3/t14-,15+,23+,28+/m0/s1. The summed E-state index contributed by atoms with van der Waals surface area (Å²) in [6, 6.07) is 4.35. The molecule has 1 aliphatic heterocycles. The number of carbonyl (C=O) groups excluding carboxylic acids is 1. The van der Waals surface area contributed by atoms with E-state index in [1.54, 1.807) is 12.4 Å². The van der Waals surface area contributed by atoms with Crippen molar-refractivity contribution in [3.63, 3.8) is 0 Å². The first-order chi connectivity index (χ1) is 19.0. The zero-order chi connectivity index (χ0) is 28.8. The van der Waals surface area contributed by atoms with E-state index in [0.717, 1.165) is 23.8 Å². The Bertz CT molecular complexity index is 1410. The van der Waals surface area contributed by atoms with Crippen LogP contribution in [0.1, 0.15) is 52.9 Å². The summed E-state index contributed by atoms with van der Waals surface area (Å²) in [6.45, 7) is 2.17. The van der Waals surface area contributed by atoms with Gasteiger partial charge in [-0.3, -0.25) is 9.78 Å². The van der Waals surface area contributed by atoms with Crippen LogP contribution in [0.25, 0.3) is 11.3 Å². The number of methoxy groups -OCH3 is 1. The first-order valence-corrected chi connectivity index (χ1v) is 13.0. The molecule has 0 bridgehead atoms. The molecule has 1 saturated carbocycles. The average molecular weight is 557 g/mol. The third kappa shape index (κ3) is 4.98. The number of aliphatic hydroxyl groups is 1. The summed E-state index contributed by atoms with van der Waals surface area (Å²) in [5, 5.41) is 10.3. The van der Waals surface area contributed by atoms with Gasteiger partial charge < -0.3 is 26.0 Å². The van der Waals surface area contributed by atoms with Gasteiger partial charge in [0.1, 0.15) is 28.6 Å². The van der Waals surface area contributed by atoms with Crippen molar-refractivity contribution in [3.8, 4) is 11.3 Å². The minimum Gasteiger partial charge on any atom is -0.397 e. The second-order valence-corrected chi connectivity index (χ2v) is 10.7. The van der Waals surface area contributed by atoms with Crippen molar-refractivity contribution in [2.45, 2.75) is 49.9 Å². The first kappa shape index (κ1) is 28.2. The second-order valence-electron chi connectivity index (χ2n) is 10.7. The number of nitrogen functional groups attached to an aromatic ring is 1. The van der Waals surface area contributed by atoms with Gasteiger partial charge in [0.05, 0.1) is 30.6 Å². The lowest BCUT2D eigenvalue weighted by molar-refractivity contribution is -0.202. The summed E-state index contributed by atoms with van der Waals surface area (Å²) in [7, 11) is 1.41. The van der Waals surface area contributed by atoms with Gasteiger partial charge in [-0.2, -0.15) is 0 Å². The molecule has 5 rings (SSSR count). The number of nitrogens with two attached hydrogens (primary N) is 2. The Labute approximate surface area is 229 Å². The third-order valence-electron chi connectivity index (χ3n) is 8.10. The first-order valence-electron chi connectivity index (χ1n) is 13.0. The number of pyridine rings is 2. The van der Waals surface area contributed by atoms with Gasteiger partial charge in [0, 0.05) is 38.0 Å². The van der Waals surface area contributed by atoms with E-state index in [-0.39, 0.29) is 48.4 Å². The smallest absolute Gasteiger partial charge is 0.187 e. The Kier molecular flexibility index (Phi) is 7.66. The Morgan fingerprint density at radius 2 is 1.88 bits per heavy atom. The van der Waals surface area contributed by atoms with Crippen LogP contribution in [-0.4, -0.2) is 53.3 Å². The molecule has 4 atom stereocenters. The largest absolute Gasteiger partial charge is 0.397 e. The molecule has 2 fully saturated rings. The summed E-state index contributed by atoms with van der Waals surface area (Å²) in [5.41, 5.74) is 10.8. The van der Waals surface area contributed by atoms with E-state index in [1.807, 2.05) is 13.0 Å². The molecule has 3 aromatic rings. The van der Waals surface area contributed by atoms with Crippen molar-refractivity contribution in [3.05, 3.63) is 76.5 Å². The number of hydrogen-bond acceptors (Lipinski definition) is 8. The van der Waals surface area contributed by atoms with Crippen molar-refractivity contribution in [2.24, 2.45) is 11.7 Å². The van der Waals surface area contributed by atoms with Crippen LogP contribution < -0.4 is 11.5 Å². The van der Waals surface area contributed by atoms with Crippen molar-refractivity contribution >= 4 is 11.5 Å². The van der Waals surface area contributed by atoms with E-state index >= 15 is 8.78 Å². The summed E-state index contributed by atoms with van der Waals surface area (Å²) in [4.78, 5) is 21.6. The number of ether oxygens (including phenoxy) is 2. The molecule has 0 spiro atoms. The molecule has 0 unspecified atom stereocenters. The monoisotopic (exact) mass is 556 g/mol. The zero-order valence-electron chi connectivity index (χ0n) is 22.2. The van der Waals surface area contributed by atoms with Gasteiger partial charge in [-0.1, -0.05) is 6.92 Å². The van der Waals surface area contributed by atoms with Crippen LogP contribution in [0.2, 0.25) is 0 Å². The molecular formula is C29H31F3N4O4. The molecule has 40 heavy (non-hydrogen) atoms. The van der Waals surface area contributed by atoms with E-state index in [9.17, 15) is 14.3 Å². The molecular weight excluding hydrogens is 525 g/mol. The lowest BCUT2D eigenvalue weighted by atomic mass is 9.74. The number of rotatable bonds is 7. The van der Waals surface area contributed by atoms with Gasteiger partial charge in [0.15, 0.2) is 11.6 Å². The Morgan fingerprint density at radius 1 is 1.18 bits per heavy atom. The van der Waals surface area contributed by atoms with Crippen molar-refractivity contribution in [1.82, 2.24) is 9.97 Å². The van der Waals surface area contributed by atoms with Gasteiger partial charge >= 0.3 is 0 Å². The predicted molar refractivity (Wildman–Crippen MR) is 141 cm³/mol. The zero-order valence-corrected chi connectivity index (χ0v) is 22.2. The lowest BCUT2D eigenvalue weighted by Gasteiger charge is -2.40. The highest BCUT2D eigenvalue weighted by Gasteiger charge is 2.42. The van der Waals surface area contributed by atoms with Gasteiger partial charge in [-0.05, 0) is 59.6 Å². The van der Waals surface area contributed by atoms with Crippen LogP contribution in [0.4, 0.5) is 18.9 Å². The predicted octanol–water partition coefficient (Wildman–Crippen LogP) is 3.64. The fraction of sp³-hybridized carbons (Fsp3) is 0.414. The molecule has 8 nitrogen and oxygen atoms in total. The van der Waals surface area contributed by atoms with Crippen LogP contribution in [0.15, 0.2) is 36.7 Å². The van der Waals surface area contributed by atoms with Crippen molar-refractivity contribution in [1.29, 1.82) is 0 Å². The quantitative estimate of drug-likeness (QED) is 0.376. The molecule has 1 aromatic carbocycles. The number of nitrogens with zero attached hydrogens (tertiary/aromatic N) is 2. The summed E-state index contributed by atoms with van der Waals surface area (Å²) in [5.74, 6) is -3.80. The molecule has 2 aliphatic rings. The number of Topliss-reactive ketones (excluding diaryl/α,β-unsaturated/α-hetero) is 1. The lowest BCUT2D eigenvalue weighted by Crippen LogP contribution is -2.48. The van der Waals surface area contributed by atoms with E-state index in [1.165, 1.54) is 7.11 Å². The fourth-order valence-electron chi connectivity index (χ4n) is 5.72. The number of aliphatic hydroxyl groups excluding tert-OH is 1. The number of halogens is 3. The molecule has 0 radical (unpaired) electrons. The topological polar surface area (TPSA) is 134 Å². The van der Waals surface area contributed by atoms with Crippen LogP contribution in [0, 0.1) is 23.4 Å². The SMILES string of the molecule is COC1(c2cc(F)c(-c3nc(C(=O)Cc4cnccc4[C@H]4C[C@@H](N)[C@H](O)[C@@H](C)C4)c(N)cc3F)c(F)c2)COC1. The van der Waals surface area contributed by atoms with Gasteiger partial charge in [-0.15, -0.1) is 0 Å². The highest BCUT2D eigenvalue weighted by Crippen LogP contribution is 2.39. The highest BCUT2D eigenvalue weighted by atomic mass is 19.1. The molecule has 1 aliphatic carbocycles. The van der Waals surface area contributed by atoms with E-state index < -0.39 is 52.2 Å². The van der Waals surface area contributed by atoms with Crippen molar-refractivity contribution < 1.29 is 32.5 Å². The van der Waals surface area contributed by atoms with Crippen LogP contribution in [0.5, 0.6) is 0 Å². The van der Waals surface area contributed by atoms with E-state index in [4.69, 9.17) is 20.9 Å². The number of benzene rings is 1. The van der Waals surface area contributed by atoms with Gasteiger partial charge in [-0.25, -0.2) is 18.2 Å². The Morgan fingerprint density at radius 3 is 2.48 bits per heavy atom. The van der Waals surface area contributed by atoms with E-state index in [0.29, 0.717) is 18.4 Å². The number of aromatic nitrogens is 2. The Balaban J connectivity index is 1.47. The molecule has 2 aromatic heterocycles. The van der Waals surface area contributed by atoms with Crippen LogP contribution >= 0.6 is 0 Å². The second kappa shape index (κ2) is 10.9. The maximum Gasteiger partial charge on any atom is 0.187 e. The summed E-state index contributed by atoms with van der Waals surface area (Å²) in [6.07, 6.45) is 3.60. The number of ketones is 1. The van der Waals surface area contributed by atoms with Crippen LogP contribution in [0.3, 0.4) is 0 Å². The summed E-state index contributed by atoms with van der Waals surface area (Å²) >= 11 is 0. The van der Waals surface area contributed by atoms with Gasteiger partial charge in [0.2, 0.25) is 0 Å². The fourth-order valence-corrected chi connectivity index (χ4v) is 5.72. The number of anilines is 1. The van der Waals surface area contributed by atoms with E-state index in [2.05, 4.69) is 9.97 Å². The maximum atomic E-state index is 15.2. The summed E-state index contributed by atoms with van der Waals surface area (Å²) < 4.78 is 56.0. The minimum atomic E-state index is -1.07. The molecule has 0 amide bonds. The molecule has 1 saturated heterocycles. The number of carbonyl (C=O) groups is 1. The van der Waals surface area contributed by atoms with Gasteiger partial charge in [0.25, 0.3) is 0 Å². The minimum absolute atomic E-state index is 0.00791. The normalized spacial score (nSPS) is 24.0. The average Bonchev–Trinajstić information content (AvgIpc) is 2.87. The molecule has 212 valence electrons. The molecule has 11 heteroatoms. The maximum absolute atomic E-state index is 15.2. The Hall–Kier alpha value is -3.38. The highest BCUT2D eigenvalue weighted by molar-refractivity contribution is 6.00. The van der Waals surface area contributed by atoms with Crippen molar-refractivity contribution in [2.75, 3.05) is 26.1 Å². The molecule has 5 N–H and O–H groups in total. The third-order valence-corrected chi connectivity index (χ3v) is 8.10. The number of hydrogen-bond donors (Lipinski definition) is 3. The van der Waals surface area contributed by atoms with Crippen LogP contribution in [-0.2, 0) is 21.5 Å². The molecule has 3 heterocycles.